The molecule has 0 bridgehead atoms. The molecule has 0 saturated heterocycles. The number of fused-ring (bicyclic) bond motifs is 3. The number of anilines is 1. The number of nitro groups is 1. The molecule has 0 aliphatic carbocycles. The van der Waals surface area contributed by atoms with E-state index in [1.165, 1.54) is 35.1 Å². The van der Waals surface area contributed by atoms with E-state index in [1.54, 1.807) is 31.3 Å². The third-order valence-electron chi connectivity index (χ3n) is 4.91. The van der Waals surface area contributed by atoms with Crippen molar-refractivity contribution in [2.24, 2.45) is 0 Å². The van der Waals surface area contributed by atoms with Gasteiger partial charge in [0.1, 0.15) is 5.69 Å². The number of aromatic nitrogens is 4. The summed E-state index contributed by atoms with van der Waals surface area (Å²) in [6.45, 7) is 1.70. The Morgan fingerprint density at radius 2 is 1.77 bits per heavy atom. The molecule has 5 rings (SSSR count). The molecule has 10 nitrogen and oxygen atoms in total. The highest BCUT2D eigenvalue weighted by Crippen LogP contribution is 2.37. The Morgan fingerprint density at radius 3 is 2.50 bits per heavy atom. The lowest BCUT2D eigenvalue weighted by Gasteiger charge is -2.13. The van der Waals surface area contributed by atoms with E-state index in [1.807, 2.05) is 0 Å². The first kappa shape index (κ1) is 17.6. The fraction of sp³-hybridized carbons (Fsp3) is 0.0500. The molecule has 4 aromatic rings. The van der Waals surface area contributed by atoms with Gasteiger partial charge in [0.05, 0.1) is 27.1 Å². The lowest BCUT2D eigenvalue weighted by atomic mass is 10.1. The number of hydrogen-bond donors (Lipinski definition) is 0. The van der Waals surface area contributed by atoms with E-state index in [0.717, 1.165) is 4.90 Å². The van der Waals surface area contributed by atoms with Crippen LogP contribution >= 0.6 is 0 Å². The Morgan fingerprint density at radius 1 is 1.00 bits per heavy atom. The number of rotatable bonds is 3. The van der Waals surface area contributed by atoms with Crippen LogP contribution in [0.4, 0.5) is 11.4 Å². The number of amides is 2. The van der Waals surface area contributed by atoms with Crippen molar-refractivity contribution in [3.63, 3.8) is 0 Å². The van der Waals surface area contributed by atoms with Gasteiger partial charge < -0.3 is 0 Å². The molecule has 30 heavy (non-hydrogen) atoms. The Hall–Kier alpha value is -4.47. The van der Waals surface area contributed by atoms with Crippen LogP contribution in [0.15, 0.2) is 54.9 Å². The SMILES string of the molecule is Cc1nn(-c2ccccn2)c2ncc3c(c12)C(=O)N(c1ccccc1[N+](=O)[O-])C3=O. The van der Waals surface area contributed by atoms with Gasteiger partial charge in [-0.05, 0) is 25.1 Å². The molecule has 146 valence electrons. The number of nitro benzene ring substituents is 1. The number of hydrogen-bond acceptors (Lipinski definition) is 7. The standard InChI is InChI=1S/C20H12N6O4/c1-11-16-17-12(10-22-18(16)25(23-11)15-8-4-5-9-21-15)19(27)24(20(17)28)13-6-2-3-7-14(13)26(29)30/h2-10H,1H3. The highest BCUT2D eigenvalue weighted by molar-refractivity contribution is 6.38. The minimum absolute atomic E-state index is 0.0781. The van der Waals surface area contributed by atoms with Crippen LogP contribution < -0.4 is 4.90 Å². The van der Waals surface area contributed by atoms with Crippen molar-refractivity contribution in [3.05, 3.63) is 81.8 Å². The molecule has 2 amide bonds. The molecule has 0 N–H and O–H groups in total. The van der Waals surface area contributed by atoms with Crippen molar-refractivity contribution < 1.29 is 14.5 Å². The van der Waals surface area contributed by atoms with Gasteiger partial charge in [-0.15, -0.1) is 0 Å². The van der Waals surface area contributed by atoms with Gasteiger partial charge >= 0.3 is 0 Å². The normalized spacial score (nSPS) is 13.2. The fourth-order valence-electron chi connectivity index (χ4n) is 3.63. The van der Waals surface area contributed by atoms with Crippen LogP contribution in [0.5, 0.6) is 0 Å². The topological polar surface area (TPSA) is 124 Å². The first-order valence-corrected chi connectivity index (χ1v) is 8.91. The second-order valence-electron chi connectivity index (χ2n) is 6.62. The highest BCUT2D eigenvalue weighted by atomic mass is 16.6. The molecular formula is C20H12N6O4. The van der Waals surface area contributed by atoms with E-state index in [9.17, 15) is 19.7 Å². The highest BCUT2D eigenvalue weighted by Gasteiger charge is 2.42. The number of benzene rings is 1. The lowest BCUT2D eigenvalue weighted by molar-refractivity contribution is -0.384. The molecular weight excluding hydrogens is 388 g/mol. The Bertz CT molecular complexity index is 1380. The number of carbonyl (C=O) groups is 2. The molecule has 1 aromatic carbocycles. The van der Waals surface area contributed by atoms with E-state index in [-0.39, 0.29) is 22.5 Å². The number of pyridine rings is 2. The largest absolute Gasteiger partial charge is 0.293 e. The summed E-state index contributed by atoms with van der Waals surface area (Å²) in [5.41, 5.74) is 0.645. The first-order chi connectivity index (χ1) is 14.5. The summed E-state index contributed by atoms with van der Waals surface area (Å²) in [4.78, 5) is 46.5. The van der Waals surface area contributed by atoms with Crippen molar-refractivity contribution >= 4 is 34.2 Å². The van der Waals surface area contributed by atoms with Gasteiger partial charge in [-0.1, -0.05) is 18.2 Å². The van der Waals surface area contributed by atoms with Crippen LogP contribution in [0.1, 0.15) is 26.4 Å². The van der Waals surface area contributed by atoms with Gasteiger partial charge in [-0.25, -0.2) is 14.9 Å². The lowest BCUT2D eigenvalue weighted by Crippen LogP contribution is -2.30. The van der Waals surface area contributed by atoms with Crippen LogP contribution in [0.3, 0.4) is 0 Å². The molecule has 10 heteroatoms. The molecule has 0 unspecified atom stereocenters. The first-order valence-electron chi connectivity index (χ1n) is 8.91. The number of para-hydroxylation sites is 2. The average Bonchev–Trinajstić information content (AvgIpc) is 3.22. The molecule has 0 atom stereocenters. The van der Waals surface area contributed by atoms with Gasteiger partial charge in [0.2, 0.25) is 0 Å². The van der Waals surface area contributed by atoms with Crippen molar-refractivity contribution in [2.75, 3.05) is 4.90 Å². The zero-order valence-corrected chi connectivity index (χ0v) is 15.5. The third kappa shape index (κ3) is 2.33. The summed E-state index contributed by atoms with van der Waals surface area (Å²) >= 11 is 0. The van der Waals surface area contributed by atoms with Crippen molar-refractivity contribution in [3.8, 4) is 5.82 Å². The monoisotopic (exact) mass is 400 g/mol. The van der Waals surface area contributed by atoms with Gasteiger partial charge in [-0.3, -0.25) is 19.7 Å². The number of carbonyl (C=O) groups excluding carboxylic acids is 2. The summed E-state index contributed by atoms with van der Waals surface area (Å²) in [6, 6.07) is 10.9. The molecule has 0 fully saturated rings. The summed E-state index contributed by atoms with van der Waals surface area (Å²) in [6.07, 6.45) is 2.91. The van der Waals surface area contributed by atoms with Crippen molar-refractivity contribution in [1.82, 2.24) is 19.7 Å². The quantitative estimate of drug-likeness (QED) is 0.294. The molecule has 3 aromatic heterocycles. The number of aryl methyl sites for hydroxylation is 1. The van der Waals surface area contributed by atoms with E-state index in [4.69, 9.17) is 0 Å². The third-order valence-corrected chi connectivity index (χ3v) is 4.91. The zero-order valence-electron chi connectivity index (χ0n) is 15.5. The van der Waals surface area contributed by atoms with Crippen LogP contribution in [-0.2, 0) is 0 Å². The summed E-state index contributed by atoms with van der Waals surface area (Å²) < 4.78 is 1.50. The van der Waals surface area contributed by atoms with Gasteiger partial charge in [-0.2, -0.15) is 9.78 Å². The fourth-order valence-corrected chi connectivity index (χ4v) is 3.63. The Balaban J connectivity index is 1.73. The van der Waals surface area contributed by atoms with Crippen LogP contribution in [0.2, 0.25) is 0 Å². The Kier molecular flexibility index (Phi) is 3.68. The molecule has 1 aliphatic heterocycles. The molecule has 4 heterocycles. The van der Waals surface area contributed by atoms with Crippen molar-refractivity contribution in [2.45, 2.75) is 6.92 Å². The second-order valence-corrected chi connectivity index (χ2v) is 6.62. The van der Waals surface area contributed by atoms with Gasteiger partial charge in [0.25, 0.3) is 17.5 Å². The predicted molar refractivity (Wildman–Crippen MR) is 106 cm³/mol. The van der Waals surface area contributed by atoms with Crippen LogP contribution in [-0.4, -0.2) is 36.5 Å². The molecule has 0 saturated carbocycles. The smallest absolute Gasteiger partial charge is 0.268 e. The van der Waals surface area contributed by atoms with Crippen molar-refractivity contribution in [1.29, 1.82) is 0 Å². The maximum Gasteiger partial charge on any atom is 0.293 e. The molecule has 0 radical (unpaired) electrons. The molecule has 0 spiro atoms. The maximum atomic E-state index is 13.3. The minimum atomic E-state index is -0.663. The zero-order chi connectivity index (χ0) is 21.0. The van der Waals surface area contributed by atoms with E-state index >= 15 is 0 Å². The number of imide groups is 1. The van der Waals surface area contributed by atoms with E-state index in [0.29, 0.717) is 22.5 Å². The van der Waals surface area contributed by atoms with Crippen LogP contribution in [0.25, 0.3) is 16.9 Å². The van der Waals surface area contributed by atoms with Gasteiger partial charge in [0.15, 0.2) is 11.5 Å². The molecule has 1 aliphatic rings. The summed E-state index contributed by atoms with van der Waals surface area (Å²) in [5, 5.41) is 16.3. The van der Waals surface area contributed by atoms with Gasteiger partial charge in [0, 0.05) is 18.5 Å². The maximum absolute atomic E-state index is 13.3. The second kappa shape index (κ2) is 6.27. The summed E-state index contributed by atoms with van der Waals surface area (Å²) in [7, 11) is 0. The predicted octanol–water partition coefficient (Wildman–Crippen LogP) is 2.83. The van der Waals surface area contributed by atoms with E-state index in [2.05, 4.69) is 15.1 Å². The summed E-state index contributed by atoms with van der Waals surface area (Å²) in [5.74, 6) is -0.806. The number of nitrogens with zero attached hydrogens (tertiary/aromatic N) is 6. The Labute approximate surface area is 168 Å². The average molecular weight is 400 g/mol. The van der Waals surface area contributed by atoms with E-state index < -0.39 is 16.7 Å². The minimum Gasteiger partial charge on any atom is -0.268 e. The van der Waals surface area contributed by atoms with Crippen LogP contribution in [0, 0.1) is 17.0 Å².